The van der Waals surface area contributed by atoms with Gasteiger partial charge in [0.25, 0.3) is 5.92 Å². The molecule has 0 spiro atoms. The molecule has 1 atom stereocenters. The first kappa shape index (κ1) is 16.6. The van der Waals surface area contributed by atoms with Crippen LogP contribution >= 0.6 is 0 Å². The monoisotopic (exact) mass is 352 g/mol. The number of halogens is 2. The standard InChI is InChI=1S/C16H22F2N6O/c1-15(2,3)14-19-12-11(21-24(22-12)10-4-7-25-8-10)13(20-14)23-6-5-16(17,18)9-23/h10H,4-9H2,1-3H3/t10-/m0/s1. The van der Waals surface area contributed by atoms with Gasteiger partial charge in [0.1, 0.15) is 5.82 Å². The second-order valence-corrected chi connectivity index (χ2v) is 7.86. The van der Waals surface area contributed by atoms with Gasteiger partial charge in [0.2, 0.25) is 5.65 Å². The van der Waals surface area contributed by atoms with Crippen LogP contribution in [0.1, 0.15) is 45.5 Å². The highest BCUT2D eigenvalue weighted by atomic mass is 19.3. The van der Waals surface area contributed by atoms with E-state index in [9.17, 15) is 8.78 Å². The van der Waals surface area contributed by atoms with E-state index in [1.54, 1.807) is 9.70 Å². The van der Waals surface area contributed by atoms with E-state index in [1.807, 2.05) is 20.8 Å². The summed E-state index contributed by atoms with van der Waals surface area (Å²) in [4.78, 5) is 12.3. The van der Waals surface area contributed by atoms with Gasteiger partial charge >= 0.3 is 0 Å². The Morgan fingerprint density at radius 1 is 1.20 bits per heavy atom. The van der Waals surface area contributed by atoms with Crippen molar-refractivity contribution in [1.29, 1.82) is 0 Å². The minimum Gasteiger partial charge on any atom is -0.379 e. The average Bonchev–Trinajstić information content (AvgIpc) is 3.22. The molecule has 136 valence electrons. The Labute approximate surface area is 144 Å². The van der Waals surface area contributed by atoms with Crippen LogP contribution in [0.15, 0.2) is 0 Å². The smallest absolute Gasteiger partial charge is 0.266 e. The Morgan fingerprint density at radius 3 is 2.60 bits per heavy atom. The zero-order valence-electron chi connectivity index (χ0n) is 14.7. The maximum Gasteiger partial charge on any atom is 0.266 e. The molecule has 0 saturated carbocycles. The summed E-state index contributed by atoms with van der Waals surface area (Å²) in [6.45, 7) is 7.11. The third-order valence-electron chi connectivity index (χ3n) is 4.62. The highest BCUT2D eigenvalue weighted by Crippen LogP contribution is 2.34. The largest absolute Gasteiger partial charge is 0.379 e. The van der Waals surface area contributed by atoms with Crippen molar-refractivity contribution in [1.82, 2.24) is 25.0 Å². The molecule has 7 nitrogen and oxygen atoms in total. The number of aromatic nitrogens is 5. The van der Waals surface area contributed by atoms with Gasteiger partial charge in [-0.25, -0.2) is 18.7 Å². The van der Waals surface area contributed by atoms with Crippen molar-refractivity contribution in [2.45, 2.75) is 51.0 Å². The lowest BCUT2D eigenvalue weighted by Gasteiger charge is -2.21. The quantitative estimate of drug-likeness (QED) is 0.826. The summed E-state index contributed by atoms with van der Waals surface area (Å²) in [7, 11) is 0. The number of hydrogen-bond acceptors (Lipinski definition) is 6. The van der Waals surface area contributed by atoms with Gasteiger partial charge in [-0.05, 0) is 6.42 Å². The van der Waals surface area contributed by atoms with Crippen LogP contribution in [0.25, 0.3) is 11.2 Å². The normalized spacial score (nSPS) is 23.7. The van der Waals surface area contributed by atoms with Crippen molar-refractivity contribution in [2.24, 2.45) is 0 Å². The molecule has 4 heterocycles. The minimum absolute atomic E-state index is 0.0557. The van der Waals surface area contributed by atoms with E-state index < -0.39 is 5.92 Å². The zero-order valence-corrected chi connectivity index (χ0v) is 14.7. The summed E-state index contributed by atoms with van der Waals surface area (Å²) >= 11 is 0. The molecule has 9 heteroatoms. The molecule has 0 radical (unpaired) electrons. The molecule has 0 aliphatic carbocycles. The Morgan fingerprint density at radius 2 is 2.00 bits per heavy atom. The van der Waals surface area contributed by atoms with Gasteiger partial charge in [0, 0.05) is 25.0 Å². The van der Waals surface area contributed by atoms with Crippen molar-refractivity contribution < 1.29 is 13.5 Å². The number of nitrogens with zero attached hydrogens (tertiary/aromatic N) is 6. The molecule has 0 N–H and O–H groups in total. The predicted molar refractivity (Wildman–Crippen MR) is 88.1 cm³/mol. The van der Waals surface area contributed by atoms with Crippen LogP contribution in [0.5, 0.6) is 0 Å². The Kier molecular flexibility index (Phi) is 3.68. The number of anilines is 1. The molecule has 0 unspecified atom stereocenters. The van der Waals surface area contributed by atoms with E-state index in [4.69, 9.17) is 4.74 Å². The lowest BCUT2D eigenvalue weighted by atomic mass is 9.96. The SMILES string of the molecule is CC(C)(C)c1nc(N2CCC(F)(F)C2)c2nn([C@H]3CCOC3)nc2n1. The average molecular weight is 352 g/mol. The van der Waals surface area contributed by atoms with Crippen LogP contribution < -0.4 is 4.90 Å². The zero-order chi connectivity index (χ0) is 17.8. The fraction of sp³-hybridized carbons (Fsp3) is 0.750. The molecule has 2 saturated heterocycles. The van der Waals surface area contributed by atoms with Crippen LogP contribution in [0.4, 0.5) is 14.6 Å². The van der Waals surface area contributed by atoms with E-state index in [1.165, 1.54) is 0 Å². The molecule has 25 heavy (non-hydrogen) atoms. The second-order valence-electron chi connectivity index (χ2n) is 7.86. The first-order valence-electron chi connectivity index (χ1n) is 8.58. The summed E-state index contributed by atoms with van der Waals surface area (Å²) < 4.78 is 32.8. The predicted octanol–water partition coefficient (Wildman–Crippen LogP) is 2.33. The Balaban J connectivity index is 1.83. The van der Waals surface area contributed by atoms with Crippen LogP contribution in [0.2, 0.25) is 0 Å². The summed E-state index contributed by atoms with van der Waals surface area (Å²) in [5, 5.41) is 9.02. The van der Waals surface area contributed by atoms with Crippen molar-refractivity contribution in [3.05, 3.63) is 5.82 Å². The first-order valence-corrected chi connectivity index (χ1v) is 8.58. The van der Waals surface area contributed by atoms with Crippen LogP contribution in [-0.4, -0.2) is 57.2 Å². The summed E-state index contributed by atoms with van der Waals surface area (Å²) in [5.41, 5.74) is 0.625. The molecule has 2 aliphatic heterocycles. The van der Waals surface area contributed by atoms with Gasteiger partial charge in [-0.2, -0.15) is 4.80 Å². The lowest BCUT2D eigenvalue weighted by Crippen LogP contribution is -2.27. The van der Waals surface area contributed by atoms with Crippen LogP contribution in [0, 0.1) is 0 Å². The maximum atomic E-state index is 13.7. The van der Waals surface area contributed by atoms with Crippen molar-refractivity contribution in [3.63, 3.8) is 0 Å². The molecular formula is C16H22F2N6O. The minimum atomic E-state index is -2.70. The van der Waals surface area contributed by atoms with Crippen LogP contribution in [-0.2, 0) is 10.2 Å². The summed E-state index contributed by atoms with van der Waals surface area (Å²) in [5.74, 6) is -1.66. The van der Waals surface area contributed by atoms with Gasteiger partial charge in [-0.15, -0.1) is 10.2 Å². The highest BCUT2D eigenvalue weighted by molar-refractivity contribution is 5.82. The van der Waals surface area contributed by atoms with Crippen molar-refractivity contribution in [2.75, 3.05) is 31.2 Å². The maximum absolute atomic E-state index is 13.7. The lowest BCUT2D eigenvalue weighted by molar-refractivity contribution is 0.0257. The number of rotatable bonds is 2. The Hall–Kier alpha value is -1.90. The molecule has 0 amide bonds. The molecule has 0 bridgehead atoms. The van der Waals surface area contributed by atoms with Gasteiger partial charge < -0.3 is 9.64 Å². The van der Waals surface area contributed by atoms with E-state index in [0.29, 0.717) is 36.0 Å². The van der Waals surface area contributed by atoms with E-state index in [-0.39, 0.29) is 31.0 Å². The van der Waals surface area contributed by atoms with Gasteiger partial charge in [-0.1, -0.05) is 20.8 Å². The first-order chi connectivity index (χ1) is 11.7. The molecule has 2 aromatic heterocycles. The molecule has 2 fully saturated rings. The van der Waals surface area contributed by atoms with Gasteiger partial charge in [0.05, 0.1) is 19.2 Å². The van der Waals surface area contributed by atoms with E-state index >= 15 is 0 Å². The van der Waals surface area contributed by atoms with Crippen LogP contribution in [0.3, 0.4) is 0 Å². The fourth-order valence-electron chi connectivity index (χ4n) is 3.15. The third kappa shape index (κ3) is 3.05. The van der Waals surface area contributed by atoms with Gasteiger partial charge in [-0.3, -0.25) is 0 Å². The van der Waals surface area contributed by atoms with Gasteiger partial charge in [0.15, 0.2) is 11.3 Å². The van der Waals surface area contributed by atoms with E-state index in [0.717, 1.165) is 6.42 Å². The summed E-state index contributed by atoms with van der Waals surface area (Å²) in [6, 6.07) is 0.0557. The third-order valence-corrected chi connectivity index (χ3v) is 4.62. The molecular weight excluding hydrogens is 330 g/mol. The number of hydrogen-bond donors (Lipinski definition) is 0. The van der Waals surface area contributed by atoms with Crippen molar-refractivity contribution in [3.8, 4) is 0 Å². The molecule has 4 rings (SSSR count). The molecule has 0 aromatic carbocycles. The number of ether oxygens (including phenoxy) is 1. The van der Waals surface area contributed by atoms with Crippen molar-refractivity contribution >= 4 is 17.0 Å². The molecule has 2 aromatic rings. The summed E-state index contributed by atoms with van der Waals surface area (Å²) in [6.07, 6.45) is 0.658. The number of alkyl halides is 2. The number of fused-ring (bicyclic) bond motifs is 1. The second kappa shape index (κ2) is 5.55. The van der Waals surface area contributed by atoms with E-state index in [2.05, 4.69) is 20.2 Å². The Bertz CT molecular complexity index is 794. The molecule has 2 aliphatic rings. The topological polar surface area (TPSA) is 69.0 Å². The highest BCUT2D eigenvalue weighted by Gasteiger charge is 2.40. The fourth-order valence-corrected chi connectivity index (χ4v) is 3.15.